The van der Waals surface area contributed by atoms with Crippen molar-refractivity contribution in [1.29, 1.82) is 0 Å². The smallest absolute Gasteiger partial charge is 0.291 e. The molecule has 0 fully saturated rings. The minimum absolute atomic E-state index is 0.142. The molecule has 5 nitrogen and oxygen atoms in total. The van der Waals surface area contributed by atoms with Gasteiger partial charge in [0, 0.05) is 9.13 Å². The van der Waals surface area contributed by atoms with E-state index >= 15 is 0 Å². The fourth-order valence-electron chi connectivity index (χ4n) is 2.70. The van der Waals surface area contributed by atoms with Gasteiger partial charge in [0.15, 0.2) is 5.82 Å². The molecule has 0 amide bonds. The number of thiazole rings is 1. The zero-order chi connectivity index (χ0) is 19.5. The highest BCUT2D eigenvalue weighted by Crippen LogP contribution is 2.20. The van der Waals surface area contributed by atoms with Gasteiger partial charge in [0.25, 0.3) is 5.56 Å². The molecule has 4 aromatic rings. The van der Waals surface area contributed by atoms with Crippen LogP contribution in [-0.2, 0) is 0 Å². The summed E-state index contributed by atoms with van der Waals surface area (Å²) in [6.07, 6.45) is 4.02. The molecule has 28 heavy (non-hydrogen) atoms. The molecule has 0 aliphatic heterocycles. The van der Waals surface area contributed by atoms with E-state index in [1.807, 2.05) is 54.6 Å². The molecule has 0 aliphatic rings. The van der Waals surface area contributed by atoms with Gasteiger partial charge in [-0.3, -0.25) is 4.79 Å². The van der Waals surface area contributed by atoms with Gasteiger partial charge in [-0.2, -0.15) is 9.50 Å². The zero-order valence-electron chi connectivity index (χ0n) is 15.3. The Morgan fingerprint density at radius 1 is 1.14 bits per heavy atom. The van der Waals surface area contributed by atoms with Gasteiger partial charge >= 0.3 is 0 Å². The summed E-state index contributed by atoms with van der Waals surface area (Å²) < 4.78 is 8.85. The van der Waals surface area contributed by atoms with Crippen molar-refractivity contribution in [2.75, 3.05) is 6.61 Å². The van der Waals surface area contributed by atoms with E-state index in [0.717, 1.165) is 33.3 Å². The Bertz CT molecular complexity index is 1200. The summed E-state index contributed by atoms with van der Waals surface area (Å²) >= 11 is 3.61. The summed E-state index contributed by atoms with van der Waals surface area (Å²) in [7, 11) is 0. The largest absolute Gasteiger partial charge is 0.494 e. The maximum Gasteiger partial charge on any atom is 0.291 e. The first kappa shape index (κ1) is 19.1. The zero-order valence-corrected chi connectivity index (χ0v) is 18.2. The minimum atomic E-state index is -0.142. The first-order chi connectivity index (χ1) is 13.6. The van der Waals surface area contributed by atoms with Crippen LogP contribution in [0.15, 0.2) is 53.3 Å². The Hall–Kier alpha value is -2.26. The number of benzene rings is 2. The van der Waals surface area contributed by atoms with Crippen LogP contribution in [0.25, 0.3) is 22.4 Å². The Kier molecular flexibility index (Phi) is 5.72. The molecular weight excluding hydrogens is 485 g/mol. The highest BCUT2D eigenvalue weighted by atomic mass is 127. The Morgan fingerprint density at radius 3 is 2.57 bits per heavy atom. The van der Waals surface area contributed by atoms with Gasteiger partial charge in [-0.15, -0.1) is 5.10 Å². The lowest BCUT2D eigenvalue weighted by molar-refractivity contribution is 0.309. The van der Waals surface area contributed by atoms with Crippen LogP contribution in [0.4, 0.5) is 0 Å². The van der Waals surface area contributed by atoms with E-state index in [-0.39, 0.29) is 5.56 Å². The number of unbranched alkanes of at least 4 members (excludes halogenated alkanes) is 1. The van der Waals surface area contributed by atoms with Crippen molar-refractivity contribution in [3.63, 3.8) is 0 Å². The summed E-state index contributed by atoms with van der Waals surface area (Å²) in [5.74, 6) is 1.38. The van der Waals surface area contributed by atoms with Crippen molar-refractivity contribution in [1.82, 2.24) is 14.6 Å². The number of aromatic nitrogens is 3. The van der Waals surface area contributed by atoms with Gasteiger partial charge in [0.1, 0.15) is 5.75 Å². The molecule has 0 atom stereocenters. The lowest BCUT2D eigenvalue weighted by atomic mass is 10.2. The molecule has 2 heterocycles. The molecule has 0 aliphatic carbocycles. The van der Waals surface area contributed by atoms with Crippen molar-refractivity contribution in [3.05, 3.63) is 72.6 Å². The quantitative estimate of drug-likeness (QED) is 0.293. The number of halogens is 1. The molecule has 0 unspecified atom stereocenters. The first-order valence-electron chi connectivity index (χ1n) is 9.04. The van der Waals surface area contributed by atoms with E-state index in [0.29, 0.717) is 21.9 Å². The van der Waals surface area contributed by atoms with Crippen LogP contribution in [0.2, 0.25) is 0 Å². The lowest BCUT2D eigenvalue weighted by Crippen LogP contribution is -2.23. The van der Waals surface area contributed by atoms with Gasteiger partial charge in [-0.05, 0) is 77.0 Å². The number of rotatable bonds is 6. The normalized spacial score (nSPS) is 12.0. The Balaban J connectivity index is 1.61. The van der Waals surface area contributed by atoms with Gasteiger partial charge in [0.05, 0.1) is 11.1 Å². The second-order valence-electron chi connectivity index (χ2n) is 6.32. The van der Waals surface area contributed by atoms with Crippen LogP contribution in [0.3, 0.4) is 0 Å². The topological polar surface area (TPSA) is 56.5 Å². The summed E-state index contributed by atoms with van der Waals surface area (Å²) in [5, 5.41) is 4.41. The molecule has 0 N–H and O–H groups in total. The van der Waals surface area contributed by atoms with Crippen LogP contribution in [0.5, 0.6) is 5.75 Å². The van der Waals surface area contributed by atoms with E-state index in [4.69, 9.17) is 4.74 Å². The Morgan fingerprint density at radius 2 is 1.89 bits per heavy atom. The number of fused-ring (bicyclic) bond motifs is 1. The second kappa shape index (κ2) is 8.40. The summed E-state index contributed by atoms with van der Waals surface area (Å²) in [4.78, 5) is 17.8. The van der Waals surface area contributed by atoms with E-state index in [1.165, 1.54) is 15.9 Å². The van der Waals surface area contributed by atoms with Crippen LogP contribution >= 0.6 is 33.9 Å². The van der Waals surface area contributed by atoms with Crippen LogP contribution in [0.1, 0.15) is 25.3 Å². The number of ether oxygens (including phenoxy) is 1. The van der Waals surface area contributed by atoms with E-state index < -0.39 is 0 Å². The van der Waals surface area contributed by atoms with Crippen LogP contribution in [0, 0.1) is 3.57 Å². The highest BCUT2D eigenvalue weighted by molar-refractivity contribution is 14.1. The molecule has 0 saturated carbocycles. The third kappa shape index (κ3) is 4.10. The second-order valence-corrected chi connectivity index (χ2v) is 8.58. The molecule has 0 saturated heterocycles. The van der Waals surface area contributed by atoms with E-state index in [2.05, 4.69) is 39.6 Å². The standard InChI is InChI=1S/C21H18IN3O2S/c1-2-3-12-27-17-10-6-15(7-11-17)19-23-21-25(24-19)20(26)18(28-21)13-14-4-8-16(22)9-5-14/h4-11,13H,2-3,12H2,1H3. The van der Waals surface area contributed by atoms with Crippen LogP contribution in [-0.4, -0.2) is 21.2 Å². The summed E-state index contributed by atoms with van der Waals surface area (Å²) in [6.45, 7) is 2.85. The van der Waals surface area contributed by atoms with E-state index in [1.54, 1.807) is 0 Å². The Labute approximate surface area is 179 Å². The molecule has 142 valence electrons. The predicted molar refractivity (Wildman–Crippen MR) is 121 cm³/mol. The average Bonchev–Trinajstić information content (AvgIpc) is 3.24. The van der Waals surface area contributed by atoms with Crippen LogP contribution < -0.4 is 14.8 Å². The van der Waals surface area contributed by atoms with Crippen molar-refractivity contribution in [2.24, 2.45) is 0 Å². The predicted octanol–water partition coefficient (Wildman–Crippen LogP) is 4.15. The lowest BCUT2D eigenvalue weighted by Gasteiger charge is -2.05. The molecule has 2 aromatic carbocycles. The first-order valence-corrected chi connectivity index (χ1v) is 10.9. The van der Waals surface area contributed by atoms with Crippen molar-refractivity contribution in [3.8, 4) is 17.1 Å². The highest BCUT2D eigenvalue weighted by Gasteiger charge is 2.12. The van der Waals surface area contributed by atoms with E-state index in [9.17, 15) is 4.79 Å². The number of hydrogen-bond donors (Lipinski definition) is 0. The number of nitrogens with zero attached hydrogens (tertiary/aromatic N) is 3. The molecule has 2 aromatic heterocycles. The monoisotopic (exact) mass is 503 g/mol. The van der Waals surface area contributed by atoms with Gasteiger partial charge < -0.3 is 4.74 Å². The van der Waals surface area contributed by atoms with Crippen molar-refractivity contribution in [2.45, 2.75) is 19.8 Å². The summed E-state index contributed by atoms with van der Waals surface area (Å²) in [5.41, 5.74) is 1.71. The summed E-state index contributed by atoms with van der Waals surface area (Å²) in [6, 6.07) is 15.7. The maximum absolute atomic E-state index is 12.7. The fourth-order valence-corrected chi connectivity index (χ4v) is 3.97. The SMILES string of the molecule is CCCCOc1ccc(-c2nc3sc(=Cc4ccc(I)cc4)c(=O)n3n2)cc1. The van der Waals surface area contributed by atoms with Crippen molar-refractivity contribution < 1.29 is 4.74 Å². The average molecular weight is 503 g/mol. The number of hydrogen-bond acceptors (Lipinski definition) is 5. The minimum Gasteiger partial charge on any atom is -0.494 e. The third-order valence-electron chi connectivity index (χ3n) is 4.23. The molecule has 4 rings (SSSR count). The van der Waals surface area contributed by atoms with Gasteiger partial charge in [0.2, 0.25) is 4.96 Å². The third-order valence-corrected chi connectivity index (χ3v) is 5.91. The molecule has 7 heteroatoms. The van der Waals surface area contributed by atoms with Gasteiger partial charge in [-0.25, -0.2) is 0 Å². The molecule has 0 radical (unpaired) electrons. The molecule has 0 bridgehead atoms. The maximum atomic E-state index is 12.7. The van der Waals surface area contributed by atoms with Gasteiger partial charge in [-0.1, -0.05) is 36.8 Å². The molecular formula is C21H18IN3O2S. The molecule has 0 spiro atoms. The van der Waals surface area contributed by atoms with Crippen molar-refractivity contribution >= 4 is 45.0 Å². The fraction of sp³-hybridized carbons (Fsp3) is 0.190.